The molecule has 0 radical (unpaired) electrons. The number of nitrogens with zero attached hydrogens (tertiary/aromatic N) is 3. The first-order chi connectivity index (χ1) is 15.4. The van der Waals surface area contributed by atoms with Crippen LogP contribution in [0.2, 0.25) is 0 Å². The van der Waals surface area contributed by atoms with Gasteiger partial charge in [-0.1, -0.05) is 18.7 Å². The van der Waals surface area contributed by atoms with E-state index < -0.39 is 5.97 Å². The minimum Gasteiger partial charge on any atom is -0.465 e. The quantitative estimate of drug-likeness (QED) is 0.376. The SMILES string of the molecule is CCc1c(C)sc(NC(=O)CSc2nnc(-c3csc4c3CCCC4)n2C)c1C(=O)OC. The van der Waals surface area contributed by atoms with Gasteiger partial charge in [-0.05, 0) is 50.2 Å². The van der Waals surface area contributed by atoms with Crippen molar-refractivity contribution in [2.45, 2.75) is 51.1 Å². The number of amides is 1. The summed E-state index contributed by atoms with van der Waals surface area (Å²) in [4.78, 5) is 27.4. The van der Waals surface area contributed by atoms with E-state index in [-0.39, 0.29) is 11.7 Å². The van der Waals surface area contributed by atoms with Gasteiger partial charge in [-0.2, -0.15) is 0 Å². The number of thiophene rings is 2. The Labute approximate surface area is 199 Å². The molecule has 0 aromatic carbocycles. The number of ether oxygens (including phenoxy) is 1. The second-order valence-corrected chi connectivity index (χ2v) is 10.8. The van der Waals surface area contributed by atoms with Crippen LogP contribution in [0.4, 0.5) is 5.00 Å². The Morgan fingerprint density at radius 2 is 2.06 bits per heavy atom. The zero-order valence-corrected chi connectivity index (χ0v) is 21.1. The fourth-order valence-electron chi connectivity index (χ4n) is 4.06. The van der Waals surface area contributed by atoms with Gasteiger partial charge in [0.15, 0.2) is 11.0 Å². The van der Waals surface area contributed by atoms with Crippen molar-refractivity contribution in [1.82, 2.24) is 14.8 Å². The summed E-state index contributed by atoms with van der Waals surface area (Å²) in [7, 11) is 3.29. The Morgan fingerprint density at radius 3 is 2.81 bits per heavy atom. The molecule has 0 saturated heterocycles. The van der Waals surface area contributed by atoms with Crippen molar-refractivity contribution in [2.75, 3.05) is 18.2 Å². The highest BCUT2D eigenvalue weighted by atomic mass is 32.2. The van der Waals surface area contributed by atoms with Gasteiger partial charge in [0, 0.05) is 27.7 Å². The lowest BCUT2D eigenvalue weighted by atomic mass is 9.96. The third kappa shape index (κ3) is 4.35. The van der Waals surface area contributed by atoms with Crippen molar-refractivity contribution in [3.63, 3.8) is 0 Å². The van der Waals surface area contributed by atoms with E-state index in [0.29, 0.717) is 22.1 Å². The number of hydrogen-bond donors (Lipinski definition) is 1. The van der Waals surface area contributed by atoms with E-state index in [1.807, 2.05) is 25.5 Å². The second kappa shape index (κ2) is 9.76. The Morgan fingerprint density at radius 1 is 1.28 bits per heavy atom. The molecule has 3 aromatic heterocycles. The molecule has 1 amide bonds. The highest BCUT2D eigenvalue weighted by molar-refractivity contribution is 7.99. The molecular formula is C22H26N4O3S3. The van der Waals surface area contributed by atoms with E-state index in [1.54, 1.807) is 11.3 Å². The number of thioether (sulfide) groups is 1. The van der Waals surface area contributed by atoms with Crippen LogP contribution in [-0.2, 0) is 35.8 Å². The number of carbonyl (C=O) groups excluding carboxylic acids is 2. The summed E-state index contributed by atoms with van der Waals surface area (Å²) in [6.45, 7) is 3.93. The van der Waals surface area contributed by atoms with Crippen LogP contribution in [0.5, 0.6) is 0 Å². The predicted octanol–water partition coefficient (Wildman–Crippen LogP) is 4.87. The number of nitrogens with one attached hydrogen (secondary N) is 1. The molecule has 32 heavy (non-hydrogen) atoms. The molecule has 0 atom stereocenters. The summed E-state index contributed by atoms with van der Waals surface area (Å²) in [6.07, 6.45) is 5.41. The topological polar surface area (TPSA) is 86.1 Å². The van der Waals surface area contributed by atoms with Crippen LogP contribution in [0.1, 0.15) is 51.0 Å². The van der Waals surface area contributed by atoms with Gasteiger partial charge in [0.25, 0.3) is 0 Å². The molecule has 3 heterocycles. The highest BCUT2D eigenvalue weighted by Crippen LogP contribution is 2.37. The summed E-state index contributed by atoms with van der Waals surface area (Å²) in [5.41, 5.74) is 3.95. The maximum Gasteiger partial charge on any atom is 0.341 e. The van der Waals surface area contributed by atoms with E-state index in [4.69, 9.17) is 4.74 Å². The number of hydrogen-bond acceptors (Lipinski definition) is 8. The van der Waals surface area contributed by atoms with Crippen molar-refractivity contribution < 1.29 is 14.3 Å². The molecule has 0 bridgehead atoms. The van der Waals surface area contributed by atoms with Gasteiger partial charge in [-0.25, -0.2) is 4.79 Å². The number of anilines is 1. The highest BCUT2D eigenvalue weighted by Gasteiger charge is 2.24. The van der Waals surface area contributed by atoms with Crippen molar-refractivity contribution in [3.8, 4) is 11.4 Å². The molecule has 4 rings (SSSR count). The first-order valence-corrected chi connectivity index (χ1v) is 13.2. The lowest BCUT2D eigenvalue weighted by Gasteiger charge is -2.12. The summed E-state index contributed by atoms with van der Waals surface area (Å²) in [6, 6.07) is 0. The van der Waals surface area contributed by atoms with E-state index in [2.05, 4.69) is 20.9 Å². The first-order valence-electron chi connectivity index (χ1n) is 10.6. The summed E-state index contributed by atoms with van der Waals surface area (Å²) in [5.74, 6) is 0.404. The van der Waals surface area contributed by atoms with Gasteiger partial charge in [0.1, 0.15) is 5.00 Å². The van der Waals surface area contributed by atoms with Crippen LogP contribution in [0, 0.1) is 6.92 Å². The maximum atomic E-state index is 12.7. The number of esters is 1. The fraction of sp³-hybridized carbons (Fsp3) is 0.455. The van der Waals surface area contributed by atoms with Crippen molar-refractivity contribution >= 4 is 51.3 Å². The van der Waals surface area contributed by atoms with Crippen LogP contribution in [0.25, 0.3) is 11.4 Å². The predicted molar refractivity (Wildman–Crippen MR) is 130 cm³/mol. The number of rotatable bonds is 7. The molecule has 170 valence electrons. The third-order valence-corrected chi connectivity index (χ3v) is 8.85. The van der Waals surface area contributed by atoms with E-state index in [9.17, 15) is 9.59 Å². The number of fused-ring (bicyclic) bond motifs is 1. The van der Waals surface area contributed by atoms with Crippen LogP contribution in [0.3, 0.4) is 0 Å². The number of methoxy groups -OCH3 is 1. The molecule has 1 aliphatic carbocycles. The van der Waals surface area contributed by atoms with Crippen LogP contribution >= 0.6 is 34.4 Å². The molecule has 0 unspecified atom stereocenters. The molecular weight excluding hydrogens is 464 g/mol. The van der Waals surface area contributed by atoms with Gasteiger partial charge in [-0.15, -0.1) is 32.9 Å². The molecule has 0 fully saturated rings. The van der Waals surface area contributed by atoms with Crippen LogP contribution in [-0.4, -0.2) is 39.5 Å². The second-order valence-electron chi connectivity index (χ2n) is 7.65. The standard InChI is InChI=1S/C22H26N4O3S3/c1-5-13-12(2)32-20(18(13)21(28)29-4)23-17(27)11-31-22-25-24-19(26(22)3)15-10-30-16-9-7-6-8-14(15)16/h10H,5-9,11H2,1-4H3,(H,23,27). The van der Waals surface area contributed by atoms with Gasteiger partial charge >= 0.3 is 5.97 Å². The van der Waals surface area contributed by atoms with E-state index in [0.717, 1.165) is 29.1 Å². The van der Waals surface area contributed by atoms with Crippen LogP contribution in [0.15, 0.2) is 10.5 Å². The van der Waals surface area contributed by atoms with E-state index >= 15 is 0 Å². The molecule has 10 heteroatoms. The number of aryl methyl sites for hydroxylation is 2. The van der Waals surface area contributed by atoms with Gasteiger partial charge in [0.2, 0.25) is 5.91 Å². The Balaban J connectivity index is 1.46. The summed E-state index contributed by atoms with van der Waals surface area (Å²) in [5, 5.41) is 15.0. The number of carbonyl (C=O) groups is 2. The molecule has 7 nitrogen and oxygen atoms in total. The maximum absolute atomic E-state index is 12.7. The zero-order chi connectivity index (χ0) is 22.8. The lowest BCUT2D eigenvalue weighted by Crippen LogP contribution is -2.16. The minimum absolute atomic E-state index is 0.173. The smallest absolute Gasteiger partial charge is 0.341 e. The fourth-order valence-corrected chi connectivity index (χ4v) is 7.04. The summed E-state index contributed by atoms with van der Waals surface area (Å²) >= 11 is 4.55. The molecule has 0 spiro atoms. The largest absolute Gasteiger partial charge is 0.465 e. The lowest BCUT2D eigenvalue weighted by molar-refractivity contribution is -0.113. The third-order valence-electron chi connectivity index (χ3n) is 5.67. The first kappa shape index (κ1) is 23.0. The average Bonchev–Trinajstić information content (AvgIpc) is 3.46. The molecule has 1 aliphatic rings. The van der Waals surface area contributed by atoms with Gasteiger partial charge < -0.3 is 14.6 Å². The van der Waals surface area contributed by atoms with Gasteiger partial charge in [-0.3, -0.25) is 4.79 Å². The Hall–Kier alpha value is -2.17. The average molecular weight is 491 g/mol. The number of aromatic nitrogens is 3. The van der Waals surface area contributed by atoms with Crippen molar-refractivity contribution in [3.05, 3.63) is 31.8 Å². The van der Waals surface area contributed by atoms with Gasteiger partial charge in [0.05, 0.1) is 18.4 Å². The van der Waals surface area contributed by atoms with Crippen molar-refractivity contribution in [1.29, 1.82) is 0 Å². The zero-order valence-electron chi connectivity index (χ0n) is 18.6. The normalized spacial score (nSPS) is 13.1. The Bertz CT molecular complexity index is 1160. The monoisotopic (exact) mass is 490 g/mol. The Kier molecular flexibility index (Phi) is 7.02. The molecule has 0 aliphatic heterocycles. The van der Waals surface area contributed by atoms with E-state index in [1.165, 1.54) is 59.1 Å². The van der Waals surface area contributed by atoms with Crippen LogP contribution < -0.4 is 5.32 Å². The summed E-state index contributed by atoms with van der Waals surface area (Å²) < 4.78 is 6.89. The molecule has 0 saturated carbocycles. The molecule has 3 aromatic rings. The molecule has 1 N–H and O–H groups in total. The van der Waals surface area contributed by atoms with Crippen molar-refractivity contribution in [2.24, 2.45) is 7.05 Å². The minimum atomic E-state index is -0.425.